The Kier molecular flexibility index (Phi) is 9.48. The Balaban J connectivity index is 1.29. The van der Waals surface area contributed by atoms with Crippen LogP contribution in [0.3, 0.4) is 0 Å². The highest BCUT2D eigenvalue weighted by atomic mass is 35.5. The second-order valence-corrected chi connectivity index (χ2v) is 19.3. The fourth-order valence-corrected chi connectivity index (χ4v) is 5.74. The number of pyridine rings is 1. The maximum atomic E-state index is 15.3. The summed E-state index contributed by atoms with van der Waals surface area (Å²) < 4.78 is 30.8. The van der Waals surface area contributed by atoms with E-state index in [-0.39, 0.29) is 29.1 Å². The number of halogens is 2. The number of nitrogens with zero attached hydrogens (tertiary/aromatic N) is 4. The van der Waals surface area contributed by atoms with Crippen molar-refractivity contribution in [3.8, 4) is 17.2 Å². The number of hydrogen-bond acceptors (Lipinski definition) is 5. The third-order valence-corrected chi connectivity index (χ3v) is 9.24. The van der Waals surface area contributed by atoms with Crippen LogP contribution in [0.2, 0.25) is 30.7 Å². The fraction of sp³-hybridized carbons (Fsp3) is 0.324. The van der Waals surface area contributed by atoms with Crippen LogP contribution in [-0.2, 0) is 28.1 Å². The Morgan fingerprint density at radius 1 is 1.07 bits per heavy atom. The Labute approximate surface area is 269 Å². The van der Waals surface area contributed by atoms with Crippen molar-refractivity contribution in [3.63, 3.8) is 0 Å². The highest BCUT2D eigenvalue weighted by Crippen LogP contribution is 2.36. The number of nitrogens with one attached hydrogen (secondary N) is 1. The first kappa shape index (κ1) is 32.4. The van der Waals surface area contributed by atoms with Gasteiger partial charge in [-0.15, -0.1) is 0 Å². The molecule has 0 atom stereocenters. The molecule has 5 aromatic rings. The molecule has 0 radical (unpaired) electrons. The van der Waals surface area contributed by atoms with Gasteiger partial charge in [0.05, 0.1) is 28.2 Å². The van der Waals surface area contributed by atoms with Crippen LogP contribution in [0.15, 0.2) is 73.1 Å². The number of rotatable bonds is 11. The number of carbonyl (C=O) groups excluding carboxylic acids is 1. The van der Waals surface area contributed by atoms with Gasteiger partial charge in [-0.25, -0.2) is 14.1 Å². The molecule has 0 bridgehead atoms. The Hall–Kier alpha value is -3.99. The molecule has 0 fully saturated rings. The van der Waals surface area contributed by atoms with Gasteiger partial charge in [0.1, 0.15) is 35.5 Å². The number of amides is 1. The molecule has 1 amide bonds. The van der Waals surface area contributed by atoms with Crippen LogP contribution in [0.4, 0.5) is 10.2 Å². The molecule has 0 saturated heterocycles. The van der Waals surface area contributed by atoms with Crippen molar-refractivity contribution in [1.82, 2.24) is 19.3 Å². The molecule has 0 unspecified atom stereocenters. The number of carbonyl (C=O) groups is 1. The quantitative estimate of drug-likeness (QED) is 0.115. The van der Waals surface area contributed by atoms with Crippen LogP contribution in [0.25, 0.3) is 16.7 Å². The summed E-state index contributed by atoms with van der Waals surface area (Å²) in [5.41, 5.74) is 2.26. The number of fused-ring (bicyclic) bond motifs is 1. The molecular formula is C34H39ClFN5O3Si. The van der Waals surface area contributed by atoms with E-state index >= 15 is 4.39 Å². The number of hydrogen-bond donors (Lipinski definition) is 1. The summed E-state index contributed by atoms with van der Waals surface area (Å²) in [6.07, 6.45) is 3.22. The Morgan fingerprint density at radius 3 is 2.51 bits per heavy atom. The van der Waals surface area contributed by atoms with Gasteiger partial charge in [0.25, 0.3) is 0 Å². The second kappa shape index (κ2) is 13.2. The predicted molar refractivity (Wildman–Crippen MR) is 180 cm³/mol. The average molecular weight is 648 g/mol. The van der Waals surface area contributed by atoms with Gasteiger partial charge >= 0.3 is 0 Å². The molecule has 0 saturated carbocycles. The van der Waals surface area contributed by atoms with Gasteiger partial charge in [-0.2, -0.15) is 5.10 Å². The lowest BCUT2D eigenvalue weighted by molar-refractivity contribution is -0.115. The summed E-state index contributed by atoms with van der Waals surface area (Å²) in [5.74, 6) is 0.315. The summed E-state index contributed by atoms with van der Waals surface area (Å²) >= 11 is 6.58. The molecule has 45 heavy (non-hydrogen) atoms. The highest BCUT2D eigenvalue weighted by molar-refractivity contribution is 6.76. The summed E-state index contributed by atoms with van der Waals surface area (Å²) in [7, 11) is -1.21. The normalized spacial score (nSPS) is 12.1. The summed E-state index contributed by atoms with van der Waals surface area (Å²) in [6, 6.07) is 18.6. The molecule has 0 aliphatic carbocycles. The van der Waals surface area contributed by atoms with Crippen LogP contribution >= 0.6 is 11.6 Å². The van der Waals surface area contributed by atoms with Crippen molar-refractivity contribution < 1.29 is 18.7 Å². The van der Waals surface area contributed by atoms with Crippen LogP contribution in [0.1, 0.15) is 32.0 Å². The fourth-order valence-electron chi connectivity index (χ4n) is 4.69. The zero-order valence-electron chi connectivity index (χ0n) is 26.5. The van der Waals surface area contributed by atoms with Crippen LogP contribution in [-0.4, -0.2) is 39.9 Å². The zero-order chi connectivity index (χ0) is 32.4. The summed E-state index contributed by atoms with van der Waals surface area (Å²) in [4.78, 5) is 17.6. The molecule has 2 aromatic carbocycles. The molecule has 0 spiro atoms. The van der Waals surface area contributed by atoms with Crippen LogP contribution in [0, 0.1) is 5.82 Å². The van der Waals surface area contributed by atoms with E-state index in [9.17, 15) is 4.79 Å². The van der Waals surface area contributed by atoms with Crippen LogP contribution < -0.4 is 10.1 Å². The van der Waals surface area contributed by atoms with Gasteiger partial charge < -0.3 is 19.4 Å². The van der Waals surface area contributed by atoms with E-state index in [1.165, 1.54) is 6.07 Å². The number of aromatic nitrogens is 4. The van der Waals surface area contributed by atoms with Gasteiger partial charge in [-0.05, 0) is 35.9 Å². The first-order chi connectivity index (χ1) is 21.3. The van der Waals surface area contributed by atoms with Gasteiger partial charge in [0, 0.05) is 44.6 Å². The minimum absolute atomic E-state index is 0.164. The lowest BCUT2D eigenvalue weighted by atomic mass is 9.92. The van der Waals surface area contributed by atoms with E-state index in [2.05, 4.69) is 50.7 Å². The van der Waals surface area contributed by atoms with E-state index < -0.39 is 13.9 Å². The molecule has 8 nitrogen and oxygen atoms in total. The predicted octanol–water partition coefficient (Wildman–Crippen LogP) is 8.60. The van der Waals surface area contributed by atoms with Crippen molar-refractivity contribution in [1.29, 1.82) is 0 Å². The summed E-state index contributed by atoms with van der Waals surface area (Å²) in [5, 5.41) is 8.72. The molecule has 3 heterocycles. The molecular weight excluding hydrogens is 609 g/mol. The second-order valence-electron chi connectivity index (χ2n) is 13.3. The van der Waals surface area contributed by atoms with Crippen molar-refractivity contribution in [2.24, 2.45) is 0 Å². The minimum atomic E-state index is -1.21. The Morgan fingerprint density at radius 2 is 1.82 bits per heavy atom. The number of benzene rings is 2. The number of anilines is 1. The molecule has 0 aliphatic rings. The van der Waals surface area contributed by atoms with E-state index in [0.717, 1.165) is 17.4 Å². The smallest absolute Gasteiger partial charge is 0.230 e. The Bertz CT molecular complexity index is 1810. The van der Waals surface area contributed by atoms with Crippen molar-refractivity contribution in [2.45, 2.75) is 65.0 Å². The molecule has 1 N–H and O–H groups in total. The van der Waals surface area contributed by atoms with E-state index in [0.29, 0.717) is 41.0 Å². The maximum absolute atomic E-state index is 15.3. The van der Waals surface area contributed by atoms with Gasteiger partial charge in [-0.1, -0.05) is 76.3 Å². The third kappa shape index (κ3) is 8.00. The molecule has 236 valence electrons. The third-order valence-electron chi connectivity index (χ3n) is 7.25. The largest absolute Gasteiger partial charge is 0.456 e. The topological polar surface area (TPSA) is 83.2 Å². The lowest BCUT2D eigenvalue weighted by Crippen LogP contribution is -2.22. The van der Waals surface area contributed by atoms with Gasteiger partial charge in [0.15, 0.2) is 0 Å². The number of ether oxygens (including phenoxy) is 2. The first-order valence-corrected chi connectivity index (χ1v) is 19.0. The van der Waals surface area contributed by atoms with E-state index in [4.69, 9.17) is 26.2 Å². The van der Waals surface area contributed by atoms with Crippen LogP contribution in [0.5, 0.6) is 11.5 Å². The van der Waals surface area contributed by atoms with Crippen molar-refractivity contribution >= 4 is 42.4 Å². The van der Waals surface area contributed by atoms with Crippen molar-refractivity contribution in [2.75, 3.05) is 11.9 Å². The van der Waals surface area contributed by atoms with Gasteiger partial charge in [0.2, 0.25) is 5.91 Å². The maximum Gasteiger partial charge on any atom is 0.230 e. The highest BCUT2D eigenvalue weighted by Gasteiger charge is 2.22. The SMILES string of the molecule is CC(C)(C)c1cc(NC(=O)Cc2ccc(Oc3ccnc4c3c(Cl)cn4COCC[Si](C)(C)C)cc2F)n(-c2ccccc2)n1. The van der Waals surface area contributed by atoms with E-state index in [1.54, 1.807) is 35.3 Å². The van der Waals surface area contributed by atoms with Gasteiger partial charge in [-0.3, -0.25) is 4.79 Å². The zero-order valence-corrected chi connectivity index (χ0v) is 28.3. The molecule has 3 aromatic heterocycles. The average Bonchev–Trinajstić information content (AvgIpc) is 3.54. The standard InChI is InChI=1S/C34H39ClFN5O3Si/c1-34(2,3)29-20-30(41(39-29)24-10-8-7-9-11-24)38-31(42)18-23-12-13-25(19-27(23)36)44-28-14-15-37-33-32(28)26(35)21-40(33)22-43-16-17-45(4,5)6/h7-15,19-21H,16-18,22H2,1-6H3,(H,38,42). The molecule has 5 rings (SSSR count). The molecule has 0 aliphatic heterocycles. The number of para-hydroxylation sites is 1. The molecule has 11 heteroatoms. The first-order valence-electron chi connectivity index (χ1n) is 14.9. The minimum Gasteiger partial charge on any atom is -0.456 e. The van der Waals surface area contributed by atoms with E-state index in [1.807, 2.05) is 41.0 Å². The van der Waals surface area contributed by atoms with Crippen molar-refractivity contribution in [3.05, 3.63) is 95.2 Å². The lowest BCUT2D eigenvalue weighted by Gasteiger charge is -2.15. The monoisotopic (exact) mass is 647 g/mol. The summed E-state index contributed by atoms with van der Waals surface area (Å²) in [6.45, 7) is 14.1.